The van der Waals surface area contributed by atoms with Gasteiger partial charge in [0, 0.05) is 6.42 Å². The van der Waals surface area contributed by atoms with Crippen LogP contribution in [0.25, 0.3) is 0 Å². The fourth-order valence-electron chi connectivity index (χ4n) is 4.22. The monoisotopic (exact) mass is 317 g/mol. The molecule has 5 rings (SSSR count). The molecular formula is C17H23N3O3. The van der Waals surface area contributed by atoms with E-state index in [1.807, 2.05) is 0 Å². The first-order valence-corrected chi connectivity index (χ1v) is 8.43. The number of rotatable bonds is 4. The van der Waals surface area contributed by atoms with E-state index in [2.05, 4.69) is 30.2 Å². The Morgan fingerprint density at radius 1 is 1.52 bits per heavy atom. The molecule has 124 valence electrons. The molecule has 1 aromatic rings. The van der Waals surface area contributed by atoms with E-state index in [1.165, 1.54) is 18.4 Å². The smallest absolute Gasteiger partial charge is 0.360 e. The molecule has 0 radical (unpaired) electrons. The van der Waals surface area contributed by atoms with Gasteiger partial charge >= 0.3 is 5.97 Å². The molecule has 23 heavy (non-hydrogen) atoms. The molecule has 1 aliphatic heterocycles. The van der Waals surface area contributed by atoms with Crippen molar-refractivity contribution in [3.8, 4) is 0 Å². The van der Waals surface area contributed by atoms with Crippen molar-refractivity contribution in [2.45, 2.75) is 46.3 Å². The number of aromatic nitrogens is 3. The van der Waals surface area contributed by atoms with Gasteiger partial charge in [0.25, 0.3) is 0 Å². The third kappa shape index (κ3) is 2.40. The van der Waals surface area contributed by atoms with Crippen LogP contribution in [0.2, 0.25) is 0 Å². The predicted molar refractivity (Wildman–Crippen MR) is 82.7 cm³/mol. The quantitative estimate of drug-likeness (QED) is 0.630. The van der Waals surface area contributed by atoms with E-state index in [-0.39, 0.29) is 5.97 Å². The van der Waals surface area contributed by atoms with Gasteiger partial charge in [0.15, 0.2) is 5.69 Å². The van der Waals surface area contributed by atoms with Crippen LogP contribution in [0.1, 0.15) is 49.3 Å². The van der Waals surface area contributed by atoms with Gasteiger partial charge in [-0.3, -0.25) is 0 Å². The van der Waals surface area contributed by atoms with Crippen LogP contribution in [0.5, 0.6) is 0 Å². The number of ether oxygens (including phenoxy) is 2. The zero-order valence-electron chi connectivity index (χ0n) is 13.7. The van der Waals surface area contributed by atoms with Gasteiger partial charge < -0.3 is 9.47 Å². The highest BCUT2D eigenvalue weighted by atomic mass is 16.5. The fourth-order valence-corrected chi connectivity index (χ4v) is 4.22. The zero-order valence-corrected chi connectivity index (χ0v) is 13.7. The lowest BCUT2D eigenvalue weighted by Crippen LogP contribution is -2.48. The van der Waals surface area contributed by atoms with Crippen LogP contribution in [-0.2, 0) is 22.6 Å². The molecule has 1 saturated carbocycles. The summed E-state index contributed by atoms with van der Waals surface area (Å²) in [4.78, 5) is 12.2. The van der Waals surface area contributed by atoms with Gasteiger partial charge in [-0.25, -0.2) is 9.48 Å². The van der Waals surface area contributed by atoms with Crippen molar-refractivity contribution in [3.63, 3.8) is 0 Å². The summed E-state index contributed by atoms with van der Waals surface area (Å²) in [6.07, 6.45) is 5.64. The second kappa shape index (κ2) is 5.44. The lowest BCUT2D eigenvalue weighted by Gasteiger charge is -2.56. The van der Waals surface area contributed by atoms with Gasteiger partial charge in [0.2, 0.25) is 0 Å². The summed E-state index contributed by atoms with van der Waals surface area (Å²) in [5.74, 6) is 1.11. The van der Waals surface area contributed by atoms with Crippen LogP contribution in [0.15, 0.2) is 11.6 Å². The second-order valence-corrected chi connectivity index (χ2v) is 7.37. The summed E-state index contributed by atoms with van der Waals surface area (Å²) in [6.45, 7) is 6.74. The largest absolute Gasteiger partial charge is 0.461 e. The molecule has 2 heterocycles. The molecular weight excluding hydrogens is 294 g/mol. The summed E-state index contributed by atoms with van der Waals surface area (Å²) < 4.78 is 12.5. The maximum Gasteiger partial charge on any atom is 0.360 e. The molecule has 0 amide bonds. The lowest BCUT2D eigenvalue weighted by atomic mass is 9.48. The van der Waals surface area contributed by atoms with E-state index in [4.69, 9.17) is 9.47 Å². The van der Waals surface area contributed by atoms with Crippen molar-refractivity contribution in [1.82, 2.24) is 15.0 Å². The number of fused-ring (bicyclic) bond motifs is 2. The lowest BCUT2D eigenvalue weighted by molar-refractivity contribution is -0.0103. The van der Waals surface area contributed by atoms with Gasteiger partial charge in [-0.1, -0.05) is 30.7 Å². The van der Waals surface area contributed by atoms with Crippen molar-refractivity contribution in [2.24, 2.45) is 17.3 Å². The Kier molecular flexibility index (Phi) is 3.52. The van der Waals surface area contributed by atoms with Crippen LogP contribution in [0.4, 0.5) is 0 Å². The Balaban J connectivity index is 1.34. The topological polar surface area (TPSA) is 66.2 Å². The predicted octanol–water partition coefficient (Wildman–Crippen LogP) is 2.35. The summed E-state index contributed by atoms with van der Waals surface area (Å²) >= 11 is 0. The molecule has 6 heteroatoms. The summed E-state index contributed by atoms with van der Waals surface area (Å²) in [5, 5.41) is 7.94. The van der Waals surface area contributed by atoms with E-state index in [9.17, 15) is 4.79 Å². The molecule has 3 aliphatic carbocycles. The van der Waals surface area contributed by atoms with E-state index in [1.54, 1.807) is 4.68 Å². The summed E-state index contributed by atoms with van der Waals surface area (Å²) in [7, 11) is 0. The highest BCUT2D eigenvalue weighted by Gasteiger charge is 2.50. The van der Waals surface area contributed by atoms with E-state index in [0.29, 0.717) is 43.4 Å². The minimum atomic E-state index is -0.390. The first-order chi connectivity index (χ1) is 11.1. The van der Waals surface area contributed by atoms with Gasteiger partial charge in [0.05, 0.1) is 32.1 Å². The Morgan fingerprint density at radius 2 is 2.39 bits per heavy atom. The highest BCUT2D eigenvalue weighted by Crippen LogP contribution is 2.59. The van der Waals surface area contributed by atoms with Crippen LogP contribution in [0, 0.1) is 17.3 Å². The molecule has 1 aromatic heterocycles. The van der Waals surface area contributed by atoms with Gasteiger partial charge in [0.1, 0.15) is 0 Å². The molecule has 1 fully saturated rings. The maximum absolute atomic E-state index is 12.2. The number of hydrogen-bond acceptors (Lipinski definition) is 5. The third-order valence-electron chi connectivity index (χ3n) is 5.92. The summed E-state index contributed by atoms with van der Waals surface area (Å²) in [6, 6.07) is 0. The minimum Gasteiger partial charge on any atom is -0.461 e. The van der Waals surface area contributed by atoms with Crippen molar-refractivity contribution in [3.05, 3.63) is 23.0 Å². The first-order valence-electron chi connectivity index (χ1n) is 8.43. The number of nitrogens with zero attached hydrogens (tertiary/aromatic N) is 3. The standard InChI is InChI=1S/C17H23N3O3/c1-17(2)12-4-3-11(13(17)9-12)5-7-23-16(21)15-14-10-22-8-6-20(14)19-18-15/h3,12-13H,4-10H2,1-2H3/t12-,13-/m0/s1. The van der Waals surface area contributed by atoms with Crippen LogP contribution < -0.4 is 0 Å². The van der Waals surface area contributed by atoms with Gasteiger partial charge in [-0.05, 0) is 30.1 Å². The Morgan fingerprint density at radius 3 is 3.17 bits per heavy atom. The van der Waals surface area contributed by atoms with Crippen molar-refractivity contribution >= 4 is 5.97 Å². The van der Waals surface area contributed by atoms with Crippen molar-refractivity contribution in [1.29, 1.82) is 0 Å². The minimum absolute atomic E-state index is 0.298. The molecule has 0 aromatic carbocycles. The molecule has 4 aliphatic rings. The average Bonchev–Trinajstić information content (AvgIpc) is 2.99. The SMILES string of the molecule is CC1(C)[C@H]2CC=C(CCOC(=O)c3nnn4c3COCC4)[C@@H]1C2. The molecule has 0 spiro atoms. The number of esters is 1. The van der Waals surface area contributed by atoms with Crippen LogP contribution in [0.3, 0.4) is 0 Å². The summed E-state index contributed by atoms with van der Waals surface area (Å²) in [5.41, 5.74) is 2.89. The Hall–Kier alpha value is -1.69. The third-order valence-corrected chi connectivity index (χ3v) is 5.92. The highest BCUT2D eigenvalue weighted by molar-refractivity contribution is 5.88. The first kappa shape index (κ1) is 14.9. The van der Waals surface area contributed by atoms with Crippen LogP contribution >= 0.6 is 0 Å². The van der Waals surface area contributed by atoms with E-state index in [0.717, 1.165) is 18.0 Å². The zero-order chi connectivity index (χ0) is 16.0. The Labute approximate surface area is 135 Å². The van der Waals surface area contributed by atoms with Crippen LogP contribution in [-0.4, -0.2) is 34.2 Å². The number of carbonyl (C=O) groups excluding carboxylic acids is 1. The van der Waals surface area contributed by atoms with Gasteiger partial charge in [-0.2, -0.15) is 0 Å². The molecule has 0 unspecified atom stereocenters. The normalized spacial score (nSPS) is 27.7. The van der Waals surface area contributed by atoms with E-state index < -0.39 is 0 Å². The molecule has 0 N–H and O–H groups in total. The second-order valence-electron chi connectivity index (χ2n) is 7.37. The molecule has 0 saturated heterocycles. The van der Waals surface area contributed by atoms with Gasteiger partial charge in [-0.15, -0.1) is 5.10 Å². The number of carbonyl (C=O) groups is 1. The number of allylic oxidation sites excluding steroid dienone is 1. The maximum atomic E-state index is 12.2. The number of hydrogen-bond donors (Lipinski definition) is 0. The van der Waals surface area contributed by atoms with Crippen molar-refractivity contribution < 1.29 is 14.3 Å². The van der Waals surface area contributed by atoms with E-state index >= 15 is 0 Å². The molecule has 2 bridgehead atoms. The average molecular weight is 317 g/mol. The Bertz CT molecular complexity index is 662. The fraction of sp³-hybridized carbons (Fsp3) is 0.706. The molecule has 2 atom stereocenters. The molecule has 6 nitrogen and oxygen atoms in total. The van der Waals surface area contributed by atoms with Crippen molar-refractivity contribution in [2.75, 3.05) is 13.2 Å².